The van der Waals surface area contributed by atoms with Crippen molar-refractivity contribution in [1.29, 1.82) is 0 Å². The Bertz CT molecular complexity index is 1580. The average molecular weight is 625 g/mol. The van der Waals surface area contributed by atoms with Crippen molar-refractivity contribution in [2.24, 2.45) is 23.7 Å². The summed E-state index contributed by atoms with van der Waals surface area (Å²) in [5.74, 6) is -2.34. The summed E-state index contributed by atoms with van der Waals surface area (Å²) in [5, 5.41) is 30.0. The van der Waals surface area contributed by atoms with Crippen LogP contribution in [0.1, 0.15) is 71.4 Å². The fraction of sp³-hybridized carbons (Fsp3) is 0.515. The number of H-pyrrole nitrogens is 1. The van der Waals surface area contributed by atoms with Gasteiger partial charge in [0.15, 0.2) is 0 Å². The van der Waals surface area contributed by atoms with Crippen LogP contribution in [-0.2, 0) is 25.6 Å². The average Bonchev–Trinajstić information content (AvgIpc) is 3.59. The van der Waals surface area contributed by atoms with Gasteiger partial charge in [-0.05, 0) is 73.6 Å². The van der Waals surface area contributed by atoms with Crippen molar-refractivity contribution in [1.82, 2.24) is 20.9 Å². The molecule has 2 amide bonds. The third-order valence-corrected chi connectivity index (χ3v) is 9.74. The molecule has 1 aromatic heterocycles. The molecule has 0 aromatic carbocycles. The summed E-state index contributed by atoms with van der Waals surface area (Å²) in [5.41, 5.74) is 5.96. The van der Waals surface area contributed by atoms with Crippen LogP contribution in [0.4, 0.5) is 0 Å². The normalized spacial score (nSPS) is 27.8. The van der Waals surface area contributed by atoms with E-state index in [1.807, 2.05) is 59.8 Å². The zero-order valence-electron chi connectivity index (χ0n) is 26.2. The van der Waals surface area contributed by atoms with Gasteiger partial charge in [-0.1, -0.05) is 27.7 Å². The van der Waals surface area contributed by atoms with Crippen molar-refractivity contribution in [2.75, 3.05) is 0 Å². The molecule has 3 unspecified atom stereocenters. The molecule has 4 rings (SSSR count). The van der Waals surface area contributed by atoms with E-state index >= 15 is 0 Å². The number of aromatic nitrogens is 1. The first-order valence-corrected chi connectivity index (χ1v) is 15.8. The standard InChI is InChI=1S/C33H44N4O6S/c1-7-20-15(2)25(36-33(20)43)12-23-16(3)21(8-10-29(38)39)26(34-23)14-27-22(9-11-30(40)41)17(4)24(35-27)13-28-31(19(6)44)18(5)32(42)37-28/h12-14,17-20,28,31,34-35,44H,7-11H2,1-6H3,(H,36,43)(H,37,42)(H,38,39)(H,40,41)/b23-12+,24-13+,26-14-/t17?,18-,19-,20?,28?,31+/m1/s1. The number of aliphatic carboxylic acids is 2. The van der Waals surface area contributed by atoms with Crippen molar-refractivity contribution in [2.45, 2.75) is 84.9 Å². The molecule has 0 spiro atoms. The summed E-state index contributed by atoms with van der Waals surface area (Å²) in [6.45, 7) is 11.8. The minimum atomic E-state index is -0.908. The molecule has 3 aliphatic rings. The van der Waals surface area contributed by atoms with Crippen molar-refractivity contribution >= 4 is 48.5 Å². The largest absolute Gasteiger partial charge is 0.481 e. The van der Waals surface area contributed by atoms with E-state index in [-0.39, 0.29) is 59.6 Å². The number of hydrogen-bond acceptors (Lipinski definition) is 6. The predicted molar refractivity (Wildman–Crippen MR) is 172 cm³/mol. The summed E-state index contributed by atoms with van der Waals surface area (Å²) in [7, 11) is 0. The Kier molecular flexibility index (Phi) is 10.2. The summed E-state index contributed by atoms with van der Waals surface area (Å²) in [4.78, 5) is 51.5. The molecule has 44 heavy (non-hydrogen) atoms. The molecule has 6 atom stereocenters. The Hall–Kier alpha value is -3.73. The topological polar surface area (TPSA) is 161 Å². The first kappa shape index (κ1) is 33.2. The van der Waals surface area contributed by atoms with E-state index in [2.05, 4.69) is 33.6 Å². The molecule has 0 aliphatic carbocycles. The molecule has 1 saturated heterocycles. The molecular formula is C33H44N4O6S. The van der Waals surface area contributed by atoms with Gasteiger partial charge in [-0.15, -0.1) is 0 Å². The van der Waals surface area contributed by atoms with Gasteiger partial charge in [0.1, 0.15) is 0 Å². The summed E-state index contributed by atoms with van der Waals surface area (Å²) >= 11 is 4.65. The van der Waals surface area contributed by atoms with Crippen molar-refractivity contribution < 1.29 is 29.4 Å². The molecule has 6 N–H and O–H groups in total. The zero-order valence-corrected chi connectivity index (χ0v) is 27.1. The number of hydrogen-bond donors (Lipinski definition) is 7. The van der Waals surface area contributed by atoms with E-state index in [1.165, 1.54) is 0 Å². The molecule has 0 saturated carbocycles. The fourth-order valence-corrected chi connectivity index (χ4v) is 7.19. The van der Waals surface area contributed by atoms with Gasteiger partial charge in [0.2, 0.25) is 11.8 Å². The van der Waals surface area contributed by atoms with Gasteiger partial charge in [0, 0.05) is 63.6 Å². The number of nitrogens with one attached hydrogen (secondary N) is 4. The lowest BCUT2D eigenvalue weighted by Crippen LogP contribution is -2.32. The molecule has 0 radical (unpaired) electrons. The Morgan fingerprint density at radius 2 is 1.59 bits per heavy atom. The van der Waals surface area contributed by atoms with E-state index in [1.54, 1.807) is 0 Å². The Labute approximate surface area is 263 Å². The van der Waals surface area contributed by atoms with Crippen molar-refractivity contribution in [3.63, 3.8) is 0 Å². The first-order valence-electron chi connectivity index (χ1n) is 15.3. The molecule has 1 fully saturated rings. The van der Waals surface area contributed by atoms with E-state index in [9.17, 15) is 29.4 Å². The van der Waals surface area contributed by atoms with Crippen LogP contribution < -0.4 is 26.6 Å². The predicted octanol–water partition coefficient (Wildman–Crippen LogP) is 2.64. The van der Waals surface area contributed by atoms with Gasteiger partial charge in [0.05, 0.1) is 12.0 Å². The zero-order chi connectivity index (χ0) is 32.5. The smallest absolute Gasteiger partial charge is 0.303 e. The van der Waals surface area contributed by atoms with Crippen LogP contribution in [0.5, 0.6) is 0 Å². The summed E-state index contributed by atoms with van der Waals surface area (Å²) < 4.78 is 0. The molecule has 1 aromatic rings. The molecule has 3 aliphatic heterocycles. The number of aromatic amines is 1. The second-order valence-electron chi connectivity index (χ2n) is 12.2. The molecule has 0 bridgehead atoms. The second kappa shape index (κ2) is 13.5. The van der Waals surface area contributed by atoms with Gasteiger partial charge >= 0.3 is 11.9 Å². The van der Waals surface area contributed by atoms with Gasteiger partial charge in [-0.2, -0.15) is 12.6 Å². The third kappa shape index (κ3) is 6.82. The number of carboxylic acid groups (broad SMARTS) is 2. The van der Waals surface area contributed by atoms with Gasteiger partial charge in [0.25, 0.3) is 0 Å². The number of carbonyl (C=O) groups excluding carboxylic acids is 2. The van der Waals surface area contributed by atoms with Crippen LogP contribution in [0.25, 0.3) is 12.2 Å². The highest BCUT2D eigenvalue weighted by Gasteiger charge is 2.41. The van der Waals surface area contributed by atoms with Crippen LogP contribution in [0.3, 0.4) is 0 Å². The van der Waals surface area contributed by atoms with Gasteiger partial charge in [-0.25, -0.2) is 0 Å². The number of amides is 2. The number of rotatable bonds is 11. The highest BCUT2D eigenvalue weighted by molar-refractivity contribution is 7.80. The highest BCUT2D eigenvalue weighted by atomic mass is 32.1. The van der Waals surface area contributed by atoms with Crippen LogP contribution in [0.2, 0.25) is 0 Å². The van der Waals surface area contributed by atoms with Crippen LogP contribution >= 0.6 is 12.6 Å². The Balaban J connectivity index is 1.82. The van der Waals surface area contributed by atoms with Crippen LogP contribution in [0.15, 0.2) is 34.3 Å². The van der Waals surface area contributed by atoms with E-state index in [4.69, 9.17) is 0 Å². The van der Waals surface area contributed by atoms with Gasteiger partial charge < -0.3 is 31.1 Å². The molecule has 11 heteroatoms. The first-order chi connectivity index (χ1) is 20.7. The van der Waals surface area contributed by atoms with Crippen LogP contribution in [-0.4, -0.2) is 50.2 Å². The third-order valence-electron chi connectivity index (χ3n) is 9.40. The maximum atomic E-state index is 12.5. The number of carbonyl (C=O) groups is 4. The highest BCUT2D eigenvalue weighted by Crippen LogP contribution is 2.36. The minimum Gasteiger partial charge on any atom is -0.481 e. The van der Waals surface area contributed by atoms with Crippen molar-refractivity contribution in [3.8, 4) is 0 Å². The maximum Gasteiger partial charge on any atom is 0.303 e. The monoisotopic (exact) mass is 624 g/mol. The summed E-state index contributed by atoms with van der Waals surface area (Å²) in [6, 6.07) is -0.222. The Morgan fingerprint density at radius 1 is 0.955 bits per heavy atom. The number of thiol groups is 1. The SMILES string of the molecule is CCC1C(=O)NC(/C=c2/[nH]/c(=C\C3=C(CCC(=O)O)C(C)/C(=C\C4NC(=O)[C@H](C)[C@H]4[C@@H](C)S)N3)c(CCC(=O)O)c2C)=C1C. The van der Waals surface area contributed by atoms with Gasteiger partial charge in [-0.3, -0.25) is 19.2 Å². The fourth-order valence-electron chi connectivity index (χ4n) is 6.75. The van der Waals surface area contributed by atoms with Crippen LogP contribution in [0, 0.1) is 30.6 Å². The quantitative estimate of drug-likeness (QED) is 0.186. The number of carboxylic acids is 2. The molecule has 10 nitrogen and oxygen atoms in total. The number of allylic oxidation sites excluding steroid dienone is 3. The lowest BCUT2D eigenvalue weighted by molar-refractivity contribution is -0.138. The second-order valence-corrected chi connectivity index (χ2v) is 13.0. The molecule has 238 valence electrons. The minimum absolute atomic E-state index is 0.00393. The lowest BCUT2D eigenvalue weighted by atomic mass is 9.87. The molecule has 4 heterocycles. The maximum absolute atomic E-state index is 12.5. The van der Waals surface area contributed by atoms with E-state index in [0.717, 1.165) is 50.1 Å². The van der Waals surface area contributed by atoms with E-state index in [0.29, 0.717) is 19.3 Å². The van der Waals surface area contributed by atoms with E-state index < -0.39 is 11.9 Å². The molecular weight excluding hydrogens is 580 g/mol. The van der Waals surface area contributed by atoms with Crippen molar-refractivity contribution in [3.05, 3.63) is 56.1 Å². The summed E-state index contributed by atoms with van der Waals surface area (Å²) in [6.07, 6.45) is 7.07. The Morgan fingerprint density at radius 3 is 2.18 bits per heavy atom. The lowest BCUT2D eigenvalue weighted by Gasteiger charge is -2.23.